The van der Waals surface area contributed by atoms with Crippen molar-refractivity contribution in [2.75, 3.05) is 6.61 Å². The van der Waals surface area contributed by atoms with Gasteiger partial charge in [0.2, 0.25) is 0 Å². The van der Waals surface area contributed by atoms with E-state index in [1.54, 1.807) is 25.1 Å². The van der Waals surface area contributed by atoms with Crippen molar-refractivity contribution < 1.29 is 14.3 Å². The minimum atomic E-state index is -0.742. The summed E-state index contributed by atoms with van der Waals surface area (Å²) in [6, 6.07) is 13.6. The zero-order valence-corrected chi connectivity index (χ0v) is 16.1. The number of carbonyl (C=O) groups excluding carboxylic acids is 2. The molecule has 1 aliphatic heterocycles. The molecule has 0 spiro atoms. The van der Waals surface area contributed by atoms with Crippen molar-refractivity contribution >= 4 is 35.2 Å². The molecule has 0 unspecified atom stereocenters. The van der Waals surface area contributed by atoms with Crippen LogP contribution in [0.5, 0.6) is 0 Å². The van der Waals surface area contributed by atoms with Crippen LogP contribution in [0.15, 0.2) is 59.8 Å². The largest absolute Gasteiger partial charge is 0.462 e. The predicted octanol–water partition coefficient (Wildman–Crippen LogP) is 4.41. The number of carbonyl (C=O) groups is 2. The van der Waals surface area contributed by atoms with Gasteiger partial charge < -0.3 is 15.4 Å². The lowest BCUT2D eigenvalue weighted by Crippen LogP contribution is -2.45. The molecule has 0 bridgehead atoms. The average Bonchev–Trinajstić information content (AvgIpc) is 2.64. The van der Waals surface area contributed by atoms with Crippen LogP contribution in [0.3, 0.4) is 0 Å². The van der Waals surface area contributed by atoms with Crippen LogP contribution >= 0.6 is 23.2 Å². The van der Waals surface area contributed by atoms with Crippen molar-refractivity contribution in [1.29, 1.82) is 0 Å². The highest BCUT2D eigenvalue weighted by atomic mass is 35.5. The maximum absolute atomic E-state index is 12.7. The SMILES string of the molecule is CC1=C(C(=O)OCCc2ccccc2)[C@H](c2cccc(Cl)c2Cl)NC(=O)N1. The predicted molar refractivity (Wildman–Crippen MR) is 105 cm³/mol. The Balaban J connectivity index is 1.81. The zero-order chi connectivity index (χ0) is 19.4. The second-order valence-corrected chi connectivity index (χ2v) is 6.87. The van der Waals surface area contributed by atoms with Gasteiger partial charge in [-0.15, -0.1) is 0 Å². The molecule has 0 fully saturated rings. The highest BCUT2D eigenvalue weighted by Crippen LogP contribution is 2.35. The number of halogens is 2. The molecule has 1 atom stereocenters. The van der Waals surface area contributed by atoms with Gasteiger partial charge >= 0.3 is 12.0 Å². The Labute approximate surface area is 167 Å². The Morgan fingerprint density at radius 3 is 2.59 bits per heavy atom. The maximum atomic E-state index is 12.7. The van der Waals surface area contributed by atoms with Crippen molar-refractivity contribution in [2.45, 2.75) is 19.4 Å². The first kappa shape index (κ1) is 19.3. The smallest absolute Gasteiger partial charge is 0.338 e. The van der Waals surface area contributed by atoms with Gasteiger partial charge in [0.25, 0.3) is 0 Å². The van der Waals surface area contributed by atoms with E-state index in [0.29, 0.717) is 28.3 Å². The van der Waals surface area contributed by atoms with Crippen molar-refractivity contribution in [2.24, 2.45) is 0 Å². The number of hydrogen-bond acceptors (Lipinski definition) is 3. The first-order valence-electron chi connectivity index (χ1n) is 8.40. The summed E-state index contributed by atoms with van der Waals surface area (Å²) in [6.45, 7) is 1.88. The Hall–Kier alpha value is -2.50. The van der Waals surface area contributed by atoms with Gasteiger partial charge in [-0.3, -0.25) is 0 Å². The van der Waals surface area contributed by atoms with Crippen molar-refractivity contribution in [3.05, 3.63) is 81.0 Å². The van der Waals surface area contributed by atoms with E-state index in [2.05, 4.69) is 10.6 Å². The fourth-order valence-electron chi connectivity index (χ4n) is 2.93. The van der Waals surface area contributed by atoms with Gasteiger partial charge in [-0.2, -0.15) is 0 Å². The van der Waals surface area contributed by atoms with Gasteiger partial charge in [0.15, 0.2) is 0 Å². The quantitative estimate of drug-likeness (QED) is 0.725. The van der Waals surface area contributed by atoms with Crippen molar-refractivity contribution in [1.82, 2.24) is 10.6 Å². The summed E-state index contributed by atoms with van der Waals surface area (Å²) >= 11 is 12.4. The Morgan fingerprint density at radius 1 is 1.11 bits per heavy atom. The molecule has 1 aliphatic rings. The van der Waals surface area contributed by atoms with E-state index in [0.717, 1.165) is 5.56 Å². The molecule has 0 aromatic heterocycles. The molecule has 0 radical (unpaired) electrons. The lowest BCUT2D eigenvalue weighted by Gasteiger charge is -2.28. The topological polar surface area (TPSA) is 67.4 Å². The van der Waals surface area contributed by atoms with Gasteiger partial charge in [-0.25, -0.2) is 9.59 Å². The van der Waals surface area contributed by atoms with Crippen LogP contribution in [-0.2, 0) is 16.0 Å². The zero-order valence-electron chi connectivity index (χ0n) is 14.6. The molecule has 3 rings (SSSR count). The molecule has 1 heterocycles. The van der Waals surface area contributed by atoms with E-state index in [9.17, 15) is 9.59 Å². The van der Waals surface area contributed by atoms with E-state index in [1.807, 2.05) is 30.3 Å². The summed E-state index contributed by atoms with van der Waals surface area (Å²) in [6.07, 6.45) is 0.598. The van der Waals surface area contributed by atoms with Crippen LogP contribution in [0, 0.1) is 0 Å². The van der Waals surface area contributed by atoms with Crippen LogP contribution < -0.4 is 10.6 Å². The molecule has 2 N–H and O–H groups in total. The standard InChI is InChI=1S/C20H18Cl2N2O3/c1-12-16(19(25)27-11-10-13-6-3-2-4-7-13)18(24-20(26)23-12)14-8-5-9-15(21)17(14)22/h2-9,18H,10-11H2,1H3,(H2,23,24,26)/t18-/m0/s1. The first-order chi connectivity index (χ1) is 13.0. The van der Waals surface area contributed by atoms with Crippen molar-refractivity contribution in [3.8, 4) is 0 Å². The second-order valence-electron chi connectivity index (χ2n) is 6.08. The number of hydrogen-bond donors (Lipinski definition) is 2. The number of benzene rings is 2. The highest BCUT2D eigenvalue weighted by molar-refractivity contribution is 6.42. The fraction of sp³-hybridized carbons (Fsp3) is 0.200. The van der Waals surface area contributed by atoms with Crippen LogP contribution in [0.4, 0.5) is 4.79 Å². The number of nitrogens with one attached hydrogen (secondary N) is 2. The van der Waals surface area contributed by atoms with Crippen LogP contribution in [-0.4, -0.2) is 18.6 Å². The Bertz CT molecular complexity index is 897. The van der Waals surface area contributed by atoms with Crippen LogP contribution in [0.1, 0.15) is 24.1 Å². The number of ether oxygens (including phenoxy) is 1. The van der Waals surface area contributed by atoms with Crippen LogP contribution in [0.25, 0.3) is 0 Å². The van der Waals surface area contributed by atoms with Gasteiger partial charge in [-0.1, -0.05) is 65.7 Å². The highest BCUT2D eigenvalue weighted by Gasteiger charge is 2.33. The fourth-order valence-corrected chi connectivity index (χ4v) is 3.34. The third-order valence-electron chi connectivity index (χ3n) is 4.25. The molecular formula is C20H18Cl2N2O3. The summed E-state index contributed by atoms with van der Waals surface area (Å²) in [7, 11) is 0. The molecule has 140 valence electrons. The molecule has 0 saturated heterocycles. The Kier molecular flexibility index (Phi) is 6.04. The molecule has 0 aliphatic carbocycles. The third kappa shape index (κ3) is 4.43. The van der Waals surface area contributed by atoms with E-state index < -0.39 is 18.0 Å². The molecular weight excluding hydrogens is 387 g/mol. The molecule has 2 aromatic carbocycles. The number of esters is 1. The molecule has 2 amide bonds. The van der Waals surface area contributed by atoms with E-state index in [4.69, 9.17) is 27.9 Å². The summed E-state index contributed by atoms with van der Waals surface area (Å²) in [5.41, 5.74) is 2.32. The monoisotopic (exact) mass is 404 g/mol. The van der Waals surface area contributed by atoms with Gasteiger partial charge in [-0.05, 0) is 24.1 Å². The number of allylic oxidation sites excluding steroid dienone is 1. The van der Waals surface area contributed by atoms with Crippen molar-refractivity contribution in [3.63, 3.8) is 0 Å². The summed E-state index contributed by atoms with van der Waals surface area (Å²) < 4.78 is 5.45. The minimum Gasteiger partial charge on any atom is -0.462 e. The molecule has 7 heteroatoms. The van der Waals surface area contributed by atoms with Gasteiger partial charge in [0, 0.05) is 12.1 Å². The van der Waals surface area contributed by atoms with E-state index >= 15 is 0 Å². The summed E-state index contributed by atoms with van der Waals surface area (Å²) in [5, 5.41) is 5.95. The molecule has 0 saturated carbocycles. The van der Waals surface area contributed by atoms with Gasteiger partial charge in [0.05, 0.1) is 28.3 Å². The summed E-state index contributed by atoms with van der Waals surface area (Å²) in [5.74, 6) is -0.517. The van der Waals surface area contributed by atoms with E-state index in [-0.39, 0.29) is 11.6 Å². The van der Waals surface area contributed by atoms with E-state index in [1.165, 1.54) is 0 Å². The van der Waals surface area contributed by atoms with Crippen LogP contribution in [0.2, 0.25) is 10.0 Å². The third-order valence-corrected chi connectivity index (χ3v) is 5.08. The Morgan fingerprint density at radius 2 is 1.85 bits per heavy atom. The minimum absolute atomic E-state index is 0.226. The number of urea groups is 1. The molecule has 5 nitrogen and oxygen atoms in total. The normalized spacial score (nSPS) is 16.6. The first-order valence-corrected chi connectivity index (χ1v) is 9.16. The van der Waals surface area contributed by atoms with Gasteiger partial charge in [0.1, 0.15) is 0 Å². The molecule has 2 aromatic rings. The second kappa shape index (κ2) is 8.46. The number of amides is 2. The number of rotatable bonds is 5. The lowest BCUT2D eigenvalue weighted by atomic mass is 9.95. The lowest BCUT2D eigenvalue weighted by molar-refractivity contribution is -0.139. The molecule has 27 heavy (non-hydrogen) atoms. The average molecular weight is 405 g/mol. The maximum Gasteiger partial charge on any atom is 0.338 e. The summed E-state index contributed by atoms with van der Waals surface area (Å²) in [4.78, 5) is 24.7.